The van der Waals surface area contributed by atoms with Crippen molar-refractivity contribution in [2.45, 2.75) is 58.3 Å². The van der Waals surface area contributed by atoms with Gasteiger partial charge in [-0.1, -0.05) is 75.8 Å². The van der Waals surface area contributed by atoms with Gasteiger partial charge in [-0.25, -0.2) is 0 Å². The van der Waals surface area contributed by atoms with Gasteiger partial charge in [0, 0.05) is 4.57 Å². The molecule has 0 saturated carbocycles. The van der Waals surface area contributed by atoms with Crippen LogP contribution in [-0.4, -0.2) is 9.79 Å². The molecule has 0 atom stereocenters. The van der Waals surface area contributed by atoms with Crippen LogP contribution in [0.2, 0.25) is 0 Å². The van der Waals surface area contributed by atoms with Gasteiger partial charge >= 0.3 is 8.25 Å². The second kappa shape index (κ2) is 13.7. The van der Waals surface area contributed by atoms with Gasteiger partial charge in [0.2, 0.25) is 0 Å². The van der Waals surface area contributed by atoms with Crippen LogP contribution in [0.25, 0.3) is 0 Å². The van der Waals surface area contributed by atoms with Crippen LogP contribution in [0, 0.1) is 0 Å². The van der Waals surface area contributed by atoms with E-state index in [1.165, 1.54) is 56.9 Å². The number of unbranched alkanes of at least 4 members (excludes halogenated alkanes) is 6. The zero-order valence-electron chi connectivity index (χ0n) is 11.8. The monoisotopic (exact) mass is 285 g/mol. The van der Waals surface area contributed by atoms with Gasteiger partial charge in [-0.3, -0.25) is 0 Å². The predicted octanol–water partition coefficient (Wildman–Crippen LogP) is 4.61. The van der Waals surface area contributed by atoms with Gasteiger partial charge < -0.3 is 0 Å². The molecule has 1 aromatic rings. The van der Waals surface area contributed by atoms with E-state index in [2.05, 4.69) is 37.3 Å². The molecule has 2 N–H and O–H groups in total. The Morgan fingerprint density at radius 1 is 0.895 bits per heavy atom. The van der Waals surface area contributed by atoms with Crippen molar-refractivity contribution in [3.8, 4) is 0 Å². The molecular weight excluding hydrogens is 259 g/mol. The molecular formula is C15H26O3P+. The minimum atomic E-state index is -2.87. The van der Waals surface area contributed by atoms with Gasteiger partial charge in [0.1, 0.15) is 0 Å². The molecule has 0 amide bonds. The Bertz CT molecular complexity index is 310. The summed E-state index contributed by atoms with van der Waals surface area (Å²) in [6.07, 6.45) is 11.1. The van der Waals surface area contributed by atoms with Crippen LogP contribution in [-0.2, 0) is 11.0 Å². The van der Waals surface area contributed by atoms with E-state index < -0.39 is 8.25 Å². The van der Waals surface area contributed by atoms with Crippen molar-refractivity contribution in [1.29, 1.82) is 0 Å². The fourth-order valence-electron chi connectivity index (χ4n) is 1.93. The highest BCUT2D eigenvalue weighted by atomic mass is 31.1. The van der Waals surface area contributed by atoms with Crippen molar-refractivity contribution < 1.29 is 14.4 Å². The summed E-state index contributed by atoms with van der Waals surface area (Å²) in [5.41, 5.74) is 1.49. The highest BCUT2D eigenvalue weighted by Gasteiger charge is 1.93. The summed E-state index contributed by atoms with van der Waals surface area (Å²) in [5, 5.41) is 0. The Morgan fingerprint density at radius 2 is 1.37 bits per heavy atom. The first-order valence-corrected chi connectivity index (χ1v) is 8.22. The molecule has 108 valence electrons. The first-order valence-electron chi connectivity index (χ1n) is 7.05. The van der Waals surface area contributed by atoms with E-state index in [0.717, 1.165) is 0 Å². The van der Waals surface area contributed by atoms with Crippen molar-refractivity contribution >= 4 is 8.25 Å². The molecule has 1 rings (SSSR count). The largest absolute Gasteiger partial charge is 0.692 e. The SMILES string of the molecule is CCCCCCCCCc1ccccc1.O=[P+](O)O. The molecule has 0 aliphatic heterocycles. The summed E-state index contributed by atoms with van der Waals surface area (Å²) in [7, 11) is -2.87. The highest BCUT2D eigenvalue weighted by molar-refractivity contribution is 7.30. The van der Waals surface area contributed by atoms with Crippen molar-refractivity contribution in [3.63, 3.8) is 0 Å². The summed E-state index contributed by atoms with van der Waals surface area (Å²) < 4.78 is 8.70. The fraction of sp³-hybridized carbons (Fsp3) is 0.600. The summed E-state index contributed by atoms with van der Waals surface area (Å²) in [5.74, 6) is 0. The fourth-order valence-corrected chi connectivity index (χ4v) is 1.93. The third-order valence-electron chi connectivity index (χ3n) is 2.91. The molecule has 0 radical (unpaired) electrons. The molecule has 0 aliphatic carbocycles. The number of hydrogen-bond donors (Lipinski definition) is 2. The van der Waals surface area contributed by atoms with Gasteiger partial charge in [0.05, 0.1) is 0 Å². The van der Waals surface area contributed by atoms with Crippen molar-refractivity contribution in [2.75, 3.05) is 0 Å². The Morgan fingerprint density at radius 3 is 1.89 bits per heavy atom. The molecule has 0 aromatic heterocycles. The lowest BCUT2D eigenvalue weighted by molar-refractivity contribution is 0.405. The Labute approximate surface area is 117 Å². The number of aryl methyl sites for hydroxylation is 1. The Balaban J connectivity index is 0.000000711. The quantitative estimate of drug-likeness (QED) is 0.541. The molecule has 4 heteroatoms. The zero-order valence-corrected chi connectivity index (χ0v) is 12.7. The maximum atomic E-state index is 8.70. The molecule has 0 spiro atoms. The van der Waals surface area contributed by atoms with Crippen LogP contribution in [0.1, 0.15) is 57.4 Å². The average molecular weight is 285 g/mol. The van der Waals surface area contributed by atoms with Crippen LogP contribution in [0.3, 0.4) is 0 Å². The van der Waals surface area contributed by atoms with E-state index in [4.69, 9.17) is 14.4 Å². The molecule has 1 aromatic carbocycles. The maximum Gasteiger partial charge on any atom is 0.692 e. The van der Waals surface area contributed by atoms with Gasteiger partial charge in [-0.15, -0.1) is 9.79 Å². The van der Waals surface area contributed by atoms with E-state index in [-0.39, 0.29) is 0 Å². The van der Waals surface area contributed by atoms with Gasteiger partial charge in [0.25, 0.3) is 0 Å². The first-order chi connectivity index (χ1) is 9.16. The number of hydrogen-bond acceptors (Lipinski definition) is 1. The smallest absolute Gasteiger partial charge is 0.134 e. The molecule has 3 nitrogen and oxygen atoms in total. The maximum absolute atomic E-state index is 8.70. The van der Waals surface area contributed by atoms with Gasteiger partial charge in [-0.2, -0.15) is 0 Å². The van der Waals surface area contributed by atoms with E-state index in [0.29, 0.717) is 0 Å². The van der Waals surface area contributed by atoms with Crippen LogP contribution < -0.4 is 0 Å². The molecule has 0 fully saturated rings. The molecule has 0 heterocycles. The highest BCUT2D eigenvalue weighted by Crippen LogP contribution is 2.10. The minimum absolute atomic E-state index is 1.26. The summed E-state index contributed by atoms with van der Waals surface area (Å²) in [6, 6.07) is 10.8. The predicted molar refractivity (Wildman–Crippen MR) is 80.2 cm³/mol. The molecule has 19 heavy (non-hydrogen) atoms. The lowest BCUT2D eigenvalue weighted by Gasteiger charge is -2.01. The molecule has 0 aliphatic rings. The molecule has 0 unspecified atom stereocenters. The third kappa shape index (κ3) is 15.2. The average Bonchev–Trinajstić information content (AvgIpc) is 2.38. The second-order valence-electron chi connectivity index (χ2n) is 4.61. The third-order valence-corrected chi connectivity index (χ3v) is 2.91. The normalized spacial score (nSPS) is 9.63. The second-order valence-corrected chi connectivity index (χ2v) is 5.12. The Kier molecular flexibility index (Phi) is 13.1. The summed E-state index contributed by atoms with van der Waals surface area (Å²) >= 11 is 0. The Hall–Kier alpha value is -0.760. The molecule has 0 saturated heterocycles. The van der Waals surface area contributed by atoms with E-state index in [1.807, 2.05) is 0 Å². The topological polar surface area (TPSA) is 57.5 Å². The molecule has 0 bridgehead atoms. The first kappa shape index (κ1) is 18.2. The van der Waals surface area contributed by atoms with Crippen molar-refractivity contribution in [3.05, 3.63) is 35.9 Å². The lowest BCUT2D eigenvalue weighted by atomic mass is 10.0. The van der Waals surface area contributed by atoms with Crippen molar-refractivity contribution in [1.82, 2.24) is 0 Å². The van der Waals surface area contributed by atoms with Crippen LogP contribution in [0.5, 0.6) is 0 Å². The number of benzene rings is 1. The zero-order chi connectivity index (χ0) is 14.3. The van der Waals surface area contributed by atoms with Crippen LogP contribution >= 0.6 is 8.25 Å². The lowest BCUT2D eigenvalue weighted by Crippen LogP contribution is -1.85. The van der Waals surface area contributed by atoms with Crippen LogP contribution in [0.4, 0.5) is 0 Å². The minimum Gasteiger partial charge on any atom is -0.134 e. The van der Waals surface area contributed by atoms with Gasteiger partial charge in [-0.05, 0) is 18.4 Å². The van der Waals surface area contributed by atoms with Gasteiger partial charge in [0.15, 0.2) is 0 Å². The summed E-state index contributed by atoms with van der Waals surface area (Å²) in [6.45, 7) is 2.27. The number of rotatable bonds is 8. The van der Waals surface area contributed by atoms with Crippen LogP contribution in [0.15, 0.2) is 30.3 Å². The van der Waals surface area contributed by atoms with Crippen molar-refractivity contribution in [2.24, 2.45) is 0 Å². The van der Waals surface area contributed by atoms with E-state index in [1.54, 1.807) is 0 Å². The summed E-state index contributed by atoms with van der Waals surface area (Å²) in [4.78, 5) is 14.2. The standard InChI is InChI=1S/C15H24.HO3P/c1-2-3-4-5-6-7-9-12-15-13-10-8-11-14-15;1-4(2)3/h8,10-11,13-14H,2-7,9,12H2,1H3;(H-,1,2,3)/p+1. The van der Waals surface area contributed by atoms with E-state index in [9.17, 15) is 0 Å². The van der Waals surface area contributed by atoms with E-state index >= 15 is 0 Å².